The zero-order chi connectivity index (χ0) is 16.9. The molecule has 2 aromatic carbocycles. The quantitative estimate of drug-likeness (QED) is 0.868. The Balaban J connectivity index is 2.13. The van der Waals surface area contributed by atoms with Crippen LogP contribution in [-0.2, 0) is 19.9 Å². The standard InChI is InChI=1S/C16H17NO4S2/c1-2-22(18,19)16-10-8-15(9-11-16)17-23(20,21)13-12-14-6-4-3-5-7-14/h3-13,17H,2H2,1H3/b13-12+. The van der Waals surface area contributed by atoms with Crippen LogP contribution >= 0.6 is 0 Å². The minimum absolute atomic E-state index is 0.00210. The summed E-state index contributed by atoms with van der Waals surface area (Å²) in [6.07, 6.45) is 1.48. The number of hydrogen-bond donors (Lipinski definition) is 1. The number of rotatable bonds is 6. The Bertz CT molecular complexity index is 885. The van der Waals surface area contributed by atoms with E-state index in [-0.39, 0.29) is 10.6 Å². The van der Waals surface area contributed by atoms with Gasteiger partial charge in [-0.1, -0.05) is 37.3 Å². The summed E-state index contributed by atoms with van der Waals surface area (Å²) >= 11 is 0. The van der Waals surface area contributed by atoms with Gasteiger partial charge in [0.2, 0.25) is 0 Å². The Morgan fingerprint density at radius 3 is 2.09 bits per heavy atom. The van der Waals surface area contributed by atoms with Crippen molar-refractivity contribution in [3.8, 4) is 0 Å². The first kappa shape index (κ1) is 17.2. The van der Waals surface area contributed by atoms with Gasteiger partial charge in [-0.25, -0.2) is 16.8 Å². The van der Waals surface area contributed by atoms with Crippen LogP contribution in [0.15, 0.2) is 64.9 Å². The molecule has 0 saturated carbocycles. The third-order valence-electron chi connectivity index (χ3n) is 3.09. The van der Waals surface area contributed by atoms with Gasteiger partial charge in [0, 0.05) is 5.69 Å². The Morgan fingerprint density at radius 1 is 0.913 bits per heavy atom. The molecule has 0 heterocycles. The predicted octanol–water partition coefficient (Wildman–Crippen LogP) is 2.89. The molecule has 0 spiro atoms. The van der Waals surface area contributed by atoms with Gasteiger partial charge in [0.15, 0.2) is 9.84 Å². The second-order valence-electron chi connectivity index (χ2n) is 4.79. The van der Waals surface area contributed by atoms with E-state index in [0.717, 1.165) is 11.0 Å². The van der Waals surface area contributed by atoms with E-state index in [1.165, 1.54) is 30.3 Å². The number of sulfonamides is 1. The summed E-state index contributed by atoms with van der Waals surface area (Å²) in [6, 6.07) is 14.7. The molecule has 0 aliphatic rings. The highest BCUT2D eigenvalue weighted by Crippen LogP contribution is 2.17. The van der Waals surface area contributed by atoms with E-state index in [0.29, 0.717) is 5.69 Å². The number of anilines is 1. The van der Waals surface area contributed by atoms with Crippen LogP contribution < -0.4 is 4.72 Å². The van der Waals surface area contributed by atoms with Gasteiger partial charge in [0.1, 0.15) is 0 Å². The van der Waals surface area contributed by atoms with E-state index in [2.05, 4.69) is 4.72 Å². The van der Waals surface area contributed by atoms with Crippen molar-refractivity contribution in [1.82, 2.24) is 0 Å². The molecule has 0 aromatic heterocycles. The lowest BCUT2D eigenvalue weighted by molar-refractivity contribution is 0.597. The molecule has 0 fully saturated rings. The maximum absolute atomic E-state index is 12.0. The average Bonchev–Trinajstić information content (AvgIpc) is 2.54. The largest absolute Gasteiger partial charge is 0.280 e. The van der Waals surface area contributed by atoms with Crippen molar-refractivity contribution in [3.05, 3.63) is 65.6 Å². The second-order valence-corrected chi connectivity index (χ2v) is 8.63. The summed E-state index contributed by atoms with van der Waals surface area (Å²) in [4.78, 5) is 0.169. The van der Waals surface area contributed by atoms with Crippen LogP contribution in [0.3, 0.4) is 0 Å². The molecule has 5 nitrogen and oxygen atoms in total. The van der Waals surface area contributed by atoms with Crippen molar-refractivity contribution in [1.29, 1.82) is 0 Å². The highest BCUT2D eigenvalue weighted by molar-refractivity contribution is 7.95. The minimum atomic E-state index is -3.67. The van der Waals surface area contributed by atoms with Crippen LogP contribution in [0, 0.1) is 0 Å². The molecule has 2 aromatic rings. The first-order chi connectivity index (χ1) is 10.8. The van der Waals surface area contributed by atoms with Gasteiger partial charge in [-0.2, -0.15) is 0 Å². The summed E-state index contributed by atoms with van der Waals surface area (Å²) < 4.78 is 49.8. The number of sulfone groups is 1. The average molecular weight is 351 g/mol. The molecule has 122 valence electrons. The molecule has 0 aliphatic heterocycles. The predicted molar refractivity (Wildman–Crippen MR) is 92.2 cm³/mol. The van der Waals surface area contributed by atoms with Gasteiger partial charge in [-0.3, -0.25) is 4.72 Å². The molecule has 0 unspecified atom stereocenters. The third kappa shape index (κ3) is 4.94. The van der Waals surface area contributed by atoms with E-state index in [1.54, 1.807) is 19.1 Å². The summed E-state index contributed by atoms with van der Waals surface area (Å²) in [5, 5.41) is 1.07. The maximum atomic E-state index is 12.0. The first-order valence-electron chi connectivity index (χ1n) is 6.91. The first-order valence-corrected chi connectivity index (χ1v) is 10.1. The Hall–Kier alpha value is -2.12. The van der Waals surface area contributed by atoms with Crippen molar-refractivity contribution in [2.75, 3.05) is 10.5 Å². The highest BCUT2D eigenvalue weighted by atomic mass is 32.2. The van der Waals surface area contributed by atoms with Crippen LogP contribution in [0.2, 0.25) is 0 Å². The lowest BCUT2D eigenvalue weighted by Gasteiger charge is -2.06. The fourth-order valence-electron chi connectivity index (χ4n) is 1.83. The van der Waals surface area contributed by atoms with Crippen molar-refractivity contribution in [2.45, 2.75) is 11.8 Å². The Labute approximate surface area is 136 Å². The van der Waals surface area contributed by atoms with Gasteiger partial charge in [-0.05, 0) is 35.9 Å². The zero-order valence-corrected chi connectivity index (χ0v) is 14.1. The molecule has 0 bridgehead atoms. The molecule has 1 N–H and O–H groups in total. The van der Waals surface area contributed by atoms with Gasteiger partial charge >= 0.3 is 0 Å². The SMILES string of the molecule is CCS(=O)(=O)c1ccc(NS(=O)(=O)/C=C/c2ccccc2)cc1. The zero-order valence-electron chi connectivity index (χ0n) is 12.5. The summed E-state index contributed by atoms with van der Waals surface area (Å²) in [6.45, 7) is 1.56. The number of hydrogen-bond acceptors (Lipinski definition) is 4. The van der Waals surface area contributed by atoms with Crippen molar-refractivity contribution >= 4 is 31.6 Å². The molecule has 0 saturated heterocycles. The smallest absolute Gasteiger partial charge is 0.255 e. The summed E-state index contributed by atoms with van der Waals surface area (Å²) in [7, 11) is -6.96. The fourth-order valence-corrected chi connectivity index (χ4v) is 3.58. The van der Waals surface area contributed by atoms with E-state index in [4.69, 9.17) is 0 Å². The molecule has 0 aliphatic carbocycles. The van der Waals surface area contributed by atoms with Gasteiger partial charge in [-0.15, -0.1) is 0 Å². The monoisotopic (exact) mass is 351 g/mol. The van der Waals surface area contributed by atoms with Crippen LogP contribution in [0.25, 0.3) is 6.08 Å². The summed E-state index contributed by atoms with van der Waals surface area (Å²) in [5.41, 5.74) is 1.07. The van der Waals surface area contributed by atoms with Gasteiger partial charge < -0.3 is 0 Å². The molecule has 0 radical (unpaired) electrons. The molecule has 7 heteroatoms. The van der Waals surface area contributed by atoms with E-state index < -0.39 is 19.9 Å². The molecule has 23 heavy (non-hydrogen) atoms. The van der Waals surface area contributed by atoms with Crippen molar-refractivity contribution in [3.63, 3.8) is 0 Å². The Morgan fingerprint density at radius 2 is 1.52 bits per heavy atom. The van der Waals surface area contributed by atoms with Gasteiger partial charge in [0.05, 0.1) is 16.1 Å². The van der Waals surface area contributed by atoms with Crippen molar-refractivity contribution in [2.24, 2.45) is 0 Å². The van der Waals surface area contributed by atoms with E-state index >= 15 is 0 Å². The van der Waals surface area contributed by atoms with Crippen LogP contribution in [0.5, 0.6) is 0 Å². The normalized spacial score (nSPS) is 12.4. The number of benzene rings is 2. The van der Waals surface area contributed by atoms with Crippen molar-refractivity contribution < 1.29 is 16.8 Å². The van der Waals surface area contributed by atoms with Crippen LogP contribution in [0.1, 0.15) is 12.5 Å². The fraction of sp³-hybridized carbons (Fsp3) is 0.125. The lowest BCUT2D eigenvalue weighted by atomic mass is 10.2. The third-order valence-corrected chi connectivity index (χ3v) is 5.86. The van der Waals surface area contributed by atoms with Crippen LogP contribution in [-0.4, -0.2) is 22.6 Å². The van der Waals surface area contributed by atoms with Crippen LogP contribution in [0.4, 0.5) is 5.69 Å². The van der Waals surface area contributed by atoms with Gasteiger partial charge in [0.25, 0.3) is 10.0 Å². The molecular weight excluding hydrogens is 334 g/mol. The molecule has 2 rings (SSSR count). The molecular formula is C16H17NO4S2. The van der Waals surface area contributed by atoms with E-state index in [1.807, 2.05) is 18.2 Å². The molecule has 0 amide bonds. The van der Waals surface area contributed by atoms with E-state index in [9.17, 15) is 16.8 Å². The topological polar surface area (TPSA) is 80.3 Å². The highest BCUT2D eigenvalue weighted by Gasteiger charge is 2.12. The summed E-state index contributed by atoms with van der Waals surface area (Å²) in [5.74, 6) is -0.00210. The maximum Gasteiger partial charge on any atom is 0.255 e. The minimum Gasteiger partial charge on any atom is -0.280 e. The Kier molecular flexibility index (Phi) is 5.23. The lowest BCUT2D eigenvalue weighted by Crippen LogP contribution is -2.09. The number of nitrogens with one attached hydrogen (secondary N) is 1. The molecule has 0 atom stereocenters. The second kappa shape index (κ2) is 6.97.